The summed E-state index contributed by atoms with van der Waals surface area (Å²) in [6.07, 6.45) is 4.37. The van der Waals surface area contributed by atoms with Crippen molar-refractivity contribution in [3.63, 3.8) is 0 Å². The topological polar surface area (TPSA) is 35.6 Å². The molecule has 1 aromatic carbocycles. The fourth-order valence-electron chi connectivity index (χ4n) is 3.96. The molecule has 5 heteroatoms. The average Bonchev–Trinajstić information content (AvgIpc) is 3.03. The van der Waals surface area contributed by atoms with Crippen molar-refractivity contribution < 1.29 is 4.79 Å². The lowest BCUT2D eigenvalue weighted by molar-refractivity contribution is -0.123. The molecule has 2 heterocycles. The molecular weight excluding hydrogens is 322 g/mol. The van der Waals surface area contributed by atoms with Crippen LogP contribution in [0, 0.1) is 0 Å². The number of hydrogen-bond donors (Lipinski definition) is 1. The molecule has 1 atom stereocenters. The Kier molecular flexibility index (Phi) is 6.14. The molecule has 0 bridgehead atoms. The van der Waals surface area contributed by atoms with Crippen LogP contribution in [0.5, 0.6) is 0 Å². The molecule has 0 aromatic heterocycles. The van der Waals surface area contributed by atoms with E-state index in [9.17, 15) is 4.79 Å². The standard InChI is InChI=1S/C19H28ClN3O/c1-2-22-11-8-17(9-12-22)21-19(24)14-23-10-4-7-18(23)15-5-3-6-16(20)13-15/h3,5-6,13,17-18H,2,4,7-12,14H2,1H3,(H,21,24). The highest BCUT2D eigenvalue weighted by atomic mass is 35.5. The normalized spacial score (nSPS) is 23.5. The van der Waals surface area contributed by atoms with Gasteiger partial charge in [0.05, 0.1) is 6.54 Å². The minimum absolute atomic E-state index is 0.166. The number of likely N-dealkylation sites (tertiary alicyclic amines) is 2. The second-order valence-corrected chi connectivity index (χ2v) is 7.40. The molecule has 1 amide bonds. The largest absolute Gasteiger partial charge is 0.352 e. The van der Waals surface area contributed by atoms with Crippen molar-refractivity contribution in [1.29, 1.82) is 0 Å². The third-order valence-corrected chi connectivity index (χ3v) is 5.58. The van der Waals surface area contributed by atoms with Gasteiger partial charge in [-0.05, 0) is 56.5 Å². The first-order valence-electron chi connectivity index (χ1n) is 9.17. The van der Waals surface area contributed by atoms with E-state index in [2.05, 4.69) is 28.1 Å². The van der Waals surface area contributed by atoms with Gasteiger partial charge < -0.3 is 10.2 Å². The summed E-state index contributed by atoms with van der Waals surface area (Å²) in [7, 11) is 0. The Morgan fingerprint density at radius 3 is 2.75 bits per heavy atom. The zero-order valence-electron chi connectivity index (χ0n) is 14.5. The Balaban J connectivity index is 1.52. The van der Waals surface area contributed by atoms with E-state index in [1.54, 1.807) is 0 Å². The molecule has 1 N–H and O–H groups in total. The van der Waals surface area contributed by atoms with Gasteiger partial charge in [-0.25, -0.2) is 0 Å². The van der Waals surface area contributed by atoms with Crippen molar-refractivity contribution in [3.05, 3.63) is 34.9 Å². The fraction of sp³-hybridized carbons (Fsp3) is 0.632. The summed E-state index contributed by atoms with van der Waals surface area (Å²) >= 11 is 6.13. The van der Waals surface area contributed by atoms with Crippen LogP contribution in [-0.4, -0.2) is 54.5 Å². The van der Waals surface area contributed by atoms with Gasteiger partial charge in [0.1, 0.15) is 0 Å². The van der Waals surface area contributed by atoms with Crippen LogP contribution in [0.15, 0.2) is 24.3 Å². The van der Waals surface area contributed by atoms with E-state index in [0.29, 0.717) is 18.6 Å². The van der Waals surface area contributed by atoms with Crippen LogP contribution < -0.4 is 5.32 Å². The summed E-state index contributed by atoms with van der Waals surface area (Å²) < 4.78 is 0. The van der Waals surface area contributed by atoms with Gasteiger partial charge in [-0.1, -0.05) is 30.7 Å². The quantitative estimate of drug-likeness (QED) is 0.887. The van der Waals surface area contributed by atoms with Gasteiger partial charge >= 0.3 is 0 Å². The summed E-state index contributed by atoms with van der Waals surface area (Å²) in [5, 5.41) is 4.01. The molecule has 2 aliphatic rings. The molecule has 1 aromatic rings. The number of carbonyl (C=O) groups excluding carboxylic acids is 1. The van der Waals surface area contributed by atoms with E-state index < -0.39 is 0 Å². The van der Waals surface area contributed by atoms with Gasteiger partial charge in [-0.15, -0.1) is 0 Å². The highest BCUT2D eigenvalue weighted by Crippen LogP contribution is 2.32. The maximum atomic E-state index is 12.5. The summed E-state index contributed by atoms with van der Waals surface area (Å²) in [5.41, 5.74) is 1.23. The van der Waals surface area contributed by atoms with E-state index in [1.807, 2.05) is 18.2 Å². The SMILES string of the molecule is CCN1CCC(NC(=O)CN2CCCC2c2cccc(Cl)c2)CC1. The average molecular weight is 350 g/mol. The Bertz CT molecular complexity index is 557. The van der Waals surface area contributed by atoms with Crippen LogP contribution >= 0.6 is 11.6 Å². The summed E-state index contributed by atoms with van der Waals surface area (Å²) in [6, 6.07) is 8.70. The second-order valence-electron chi connectivity index (χ2n) is 6.96. The van der Waals surface area contributed by atoms with Crippen LogP contribution in [0.3, 0.4) is 0 Å². The highest BCUT2D eigenvalue weighted by molar-refractivity contribution is 6.30. The molecule has 24 heavy (non-hydrogen) atoms. The Labute approximate surface area is 150 Å². The van der Waals surface area contributed by atoms with Gasteiger partial charge in [0.15, 0.2) is 0 Å². The third-order valence-electron chi connectivity index (χ3n) is 5.34. The maximum absolute atomic E-state index is 12.5. The van der Waals surface area contributed by atoms with Crippen molar-refractivity contribution >= 4 is 17.5 Å². The molecule has 2 fully saturated rings. The molecule has 2 saturated heterocycles. The molecule has 0 saturated carbocycles. The van der Waals surface area contributed by atoms with Crippen molar-refractivity contribution in [2.24, 2.45) is 0 Å². The lowest BCUT2D eigenvalue weighted by atomic mass is 10.0. The van der Waals surface area contributed by atoms with Gasteiger partial charge in [0, 0.05) is 30.2 Å². The number of hydrogen-bond acceptors (Lipinski definition) is 3. The Hall–Kier alpha value is -1.10. The monoisotopic (exact) mass is 349 g/mol. The number of amides is 1. The first-order chi connectivity index (χ1) is 11.7. The summed E-state index contributed by atoms with van der Waals surface area (Å²) in [5.74, 6) is 0.166. The number of piperidine rings is 1. The van der Waals surface area contributed by atoms with Crippen molar-refractivity contribution in [1.82, 2.24) is 15.1 Å². The number of halogens is 1. The first kappa shape index (κ1) is 17.7. The van der Waals surface area contributed by atoms with Gasteiger partial charge in [-0.3, -0.25) is 9.69 Å². The lowest BCUT2D eigenvalue weighted by Crippen LogP contribution is -2.47. The van der Waals surface area contributed by atoms with Crippen LogP contribution in [0.2, 0.25) is 5.02 Å². The number of carbonyl (C=O) groups is 1. The molecular formula is C19H28ClN3O. The van der Waals surface area contributed by atoms with E-state index in [4.69, 9.17) is 11.6 Å². The minimum Gasteiger partial charge on any atom is -0.352 e. The molecule has 0 spiro atoms. The molecule has 2 aliphatic heterocycles. The smallest absolute Gasteiger partial charge is 0.234 e. The number of rotatable bonds is 5. The lowest BCUT2D eigenvalue weighted by Gasteiger charge is -2.32. The van der Waals surface area contributed by atoms with E-state index >= 15 is 0 Å². The number of benzene rings is 1. The Morgan fingerprint density at radius 1 is 1.25 bits per heavy atom. The van der Waals surface area contributed by atoms with Crippen LogP contribution in [-0.2, 0) is 4.79 Å². The van der Waals surface area contributed by atoms with E-state index in [1.165, 1.54) is 5.56 Å². The predicted molar refractivity (Wildman–Crippen MR) is 98.3 cm³/mol. The van der Waals surface area contributed by atoms with Crippen LogP contribution in [0.1, 0.15) is 44.2 Å². The van der Waals surface area contributed by atoms with Gasteiger partial charge in [0.25, 0.3) is 0 Å². The summed E-state index contributed by atoms with van der Waals surface area (Å²) in [4.78, 5) is 17.2. The van der Waals surface area contributed by atoms with E-state index in [0.717, 1.165) is 56.9 Å². The van der Waals surface area contributed by atoms with Crippen LogP contribution in [0.25, 0.3) is 0 Å². The minimum atomic E-state index is 0.166. The molecule has 1 unspecified atom stereocenters. The molecule has 0 aliphatic carbocycles. The molecule has 0 radical (unpaired) electrons. The second kappa shape index (κ2) is 8.32. The van der Waals surface area contributed by atoms with Crippen LogP contribution in [0.4, 0.5) is 0 Å². The summed E-state index contributed by atoms with van der Waals surface area (Å²) in [6.45, 7) is 6.97. The van der Waals surface area contributed by atoms with Crippen molar-refractivity contribution in [2.45, 2.75) is 44.7 Å². The van der Waals surface area contributed by atoms with Crippen molar-refractivity contribution in [2.75, 3.05) is 32.7 Å². The molecule has 132 valence electrons. The van der Waals surface area contributed by atoms with E-state index in [-0.39, 0.29) is 5.91 Å². The fourth-order valence-corrected chi connectivity index (χ4v) is 4.16. The zero-order chi connectivity index (χ0) is 16.9. The highest BCUT2D eigenvalue weighted by Gasteiger charge is 2.28. The van der Waals surface area contributed by atoms with Gasteiger partial charge in [-0.2, -0.15) is 0 Å². The molecule has 3 rings (SSSR count). The van der Waals surface area contributed by atoms with Gasteiger partial charge in [0.2, 0.25) is 5.91 Å². The first-order valence-corrected chi connectivity index (χ1v) is 9.54. The molecule has 4 nitrogen and oxygen atoms in total. The maximum Gasteiger partial charge on any atom is 0.234 e. The zero-order valence-corrected chi connectivity index (χ0v) is 15.3. The third kappa shape index (κ3) is 4.50. The number of nitrogens with zero attached hydrogens (tertiary/aromatic N) is 2. The van der Waals surface area contributed by atoms with Crippen molar-refractivity contribution in [3.8, 4) is 0 Å². The predicted octanol–water partition coefficient (Wildman–Crippen LogP) is 3.08. The number of nitrogens with one attached hydrogen (secondary N) is 1. The Morgan fingerprint density at radius 2 is 2.04 bits per heavy atom.